The Labute approximate surface area is 207 Å². The van der Waals surface area contributed by atoms with E-state index >= 15 is 0 Å². The highest BCUT2D eigenvalue weighted by molar-refractivity contribution is 6.55. The van der Waals surface area contributed by atoms with E-state index in [0.29, 0.717) is 21.2 Å². The average molecular weight is 539 g/mol. The van der Waals surface area contributed by atoms with E-state index in [1.54, 1.807) is 25.1 Å². The van der Waals surface area contributed by atoms with E-state index in [2.05, 4.69) is 5.32 Å². The molecule has 1 unspecified atom stereocenters. The number of amides is 3. The van der Waals surface area contributed by atoms with E-state index in [1.807, 2.05) is 0 Å². The lowest BCUT2D eigenvalue weighted by molar-refractivity contribution is -0.150. The summed E-state index contributed by atoms with van der Waals surface area (Å²) in [5.41, 5.74) is 0.683. The van der Waals surface area contributed by atoms with Crippen molar-refractivity contribution in [2.75, 3.05) is 11.9 Å². The summed E-state index contributed by atoms with van der Waals surface area (Å²) in [6.07, 6.45) is 0. The number of esters is 1. The third-order valence-electron chi connectivity index (χ3n) is 4.67. The van der Waals surface area contributed by atoms with Gasteiger partial charge in [0.2, 0.25) is 0 Å². The van der Waals surface area contributed by atoms with Crippen LogP contribution in [0.15, 0.2) is 18.2 Å². The SMILES string of the molecule is Cc1cc(Cl)ccc1NC(=O)COC(=O)C(C)N1C(=O)c2c(Cl)c(Cl)c(Cl)c(Cl)c2C1=O. The fourth-order valence-corrected chi connectivity index (χ4v) is 4.28. The standard InChI is InChI=1S/C20H13Cl5N2O5/c1-7-5-9(21)3-4-10(7)26-11(28)6-32-20(31)8(2)27-18(29)12-13(19(27)30)15(23)17(25)16(24)14(12)22/h3-5,8H,6H2,1-2H3,(H,26,28). The van der Waals surface area contributed by atoms with E-state index in [4.69, 9.17) is 62.7 Å². The van der Waals surface area contributed by atoms with Gasteiger partial charge in [0, 0.05) is 10.7 Å². The molecule has 0 fully saturated rings. The Morgan fingerprint density at radius 3 is 2.00 bits per heavy atom. The molecule has 32 heavy (non-hydrogen) atoms. The van der Waals surface area contributed by atoms with Gasteiger partial charge >= 0.3 is 5.97 Å². The predicted octanol–water partition coefficient (Wildman–Crippen LogP) is 5.43. The van der Waals surface area contributed by atoms with Gasteiger partial charge in [-0.3, -0.25) is 19.3 Å². The number of halogens is 5. The quantitative estimate of drug-likeness (QED) is 0.237. The van der Waals surface area contributed by atoms with Crippen molar-refractivity contribution in [3.05, 3.63) is 60.0 Å². The Morgan fingerprint density at radius 1 is 0.969 bits per heavy atom. The number of hydrogen-bond acceptors (Lipinski definition) is 5. The molecule has 0 bridgehead atoms. The molecule has 0 saturated heterocycles. The fourth-order valence-electron chi connectivity index (χ4n) is 3.03. The van der Waals surface area contributed by atoms with Crippen LogP contribution in [0.25, 0.3) is 0 Å². The second kappa shape index (κ2) is 9.45. The van der Waals surface area contributed by atoms with E-state index in [0.717, 1.165) is 0 Å². The summed E-state index contributed by atoms with van der Waals surface area (Å²) in [6, 6.07) is 3.47. The van der Waals surface area contributed by atoms with Crippen LogP contribution in [0.1, 0.15) is 33.2 Å². The van der Waals surface area contributed by atoms with Crippen LogP contribution in [-0.2, 0) is 14.3 Å². The van der Waals surface area contributed by atoms with E-state index in [-0.39, 0.29) is 31.2 Å². The Morgan fingerprint density at radius 2 is 1.50 bits per heavy atom. The molecule has 1 heterocycles. The van der Waals surface area contributed by atoms with Crippen LogP contribution in [0.3, 0.4) is 0 Å². The van der Waals surface area contributed by atoms with Gasteiger partial charge in [0.15, 0.2) is 6.61 Å². The molecule has 1 N–H and O–H groups in total. The number of fused-ring (bicyclic) bond motifs is 1. The minimum absolute atomic E-state index is 0.190. The summed E-state index contributed by atoms with van der Waals surface area (Å²) in [4.78, 5) is 50.8. The second-order valence-electron chi connectivity index (χ2n) is 6.78. The van der Waals surface area contributed by atoms with Gasteiger partial charge in [0.1, 0.15) is 6.04 Å². The summed E-state index contributed by atoms with van der Waals surface area (Å²) < 4.78 is 4.98. The fraction of sp³-hybridized carbons (Fsp3) is 0.200. The smallest absolute Gasteiger partial charge is 0.329 e. The van der Waals surface area contributed by atoms with Crippen LogP contribution < -0.4 is 5.32 Å². The molecule has 2 aromatic carbocycles. The number of carbonyl (C=O) groups excluding carboxylic acids is 4. The monoisotopic (exact) mass is 536 g/mol. The van der Waals surface area contributed by atoms with Gasteiger partial charge in [-0.15, -0.1) is 0 Å². The van der Waals surface area contributed by atoms with Crippen LogP contribution in [-0.4, -0.2) is 41.2 Å². The highest BCUT2D eigenvalue weighted by atomic mass is 35.5. The molecule has 0 radical (unpaired) electrons. The number of ether oxygens (including phenoxy) is 1. The Hall–Kier alpha value is -2.03. The number of aryl methyl sites for hydroxylation is 1. The molecule has 0 saturated carbocycles. The molecular weight excluding hydrogens is 525 g/mol. The first kappa shape index (κ1) is 24.6. The van der Waals surface area contributed by atoms with Crippen molar-refractivity contribution in [3.8, 4) is 0 Å². The number of nitrogens with one attached hydrogen (secondary N) is 1. The normalized spacial score (nSPS) is 13.8. The summed E-state index contributed by atoms with van der Waals surface area (Å²) in [6.45, 7) is 2.36. The summed E-state index contributed by atoms with van der Waals surface area (Å²) in [7, 11) is 0. The van der Waals surface area contributed by atoms with Crippen molar-refractivity contribution < 1.29 is 23.9 Å². The third-order valence-corrected chi connectivity index (χ3v) is 6.71. The molecule has 1 aliphatic heterocycles. The first-order chi connectivity index (χ1) is 15.0. The number of imide groups is 1. The topological polar surface area (TPSA) is 92.8 Å². The lowest BCUT2D eigenvalue weighted by atomic mass is 10.1. The van der Waals surface area contributed by atoms with Crippen molar-refractivity contribution in [2.45, 2.75) is 19.9 Å². The zero-order valence-corrected chi connectivity index (χ0v) is 20.2. The third kappa shape index (κ3) is 4.40. The largest absolute Gasteiger partial charge is 0.454 e. The van der Waals surface area contributed by atoms with E-state index in [1.165, 1.54) is 6.92 Å². The molecule has 0 aromatic heterocycles. The summed E-state index contributed by atoms with van der Waals surface area (Å²) in [5, 5.41) is 2.19. The van der Waals surface area contributed by atoms with Gasteiger partial charge in [-0.25, -0.2) is 4.79 Å². The van der Waals surface area contributed by atoms with Gasteiger partial charge < -0.3 is 10.1 Å². The van der Waals surface area contributed by atoms with Gasteiger partial charge in [-0.05, 0) is 37.6 Å². The minimum atomic E-state index is -1.38. The van der Waals surface area contributed by atoms with Crippen molar-refractivity contribution in [2.24, 2.45) is 0 Å². The summed E-state index contributed by atoms with van der Waals surface area (Å²) >= 11 is 30.0. The lowest BCUT2D eigenvalue weighted by Gasteiger charge is -2.20. The zero-order chi connectivity index (χ0) is 23.9. The van der Waals surface area contributed by atoms with Crippen LogP contribution >= 0.6 is 58.0 Å². The van der Waals surface area contributed by atoms with Crippen molar-refractivity contribution in [3.63, 3.8) is 0 Å². The number of nitrogens with zero attached hydrogens (tertiary/aromatic N) is 1. The zero-order valence-electron chi connectivity index (χ0n) is 16.4. The van der Waals surface area contributed by atoms with Gasteiger partial charge in [0.05, 0.1) is 31.2 Å². The maximum atomic E-state index is 12.8. The average Bonchev–Trinajstić information content (AvgIpc) is 3.00. The first-order valence-corrected chi connectivity index (χ1v) is 10.8. The molecule has 7 nitrogen and oxygen atoms in total. The molecule has 0 spiro atoms. The van der Waals surface area contributed by atoms with Gasteiger partial charge in [-0.1, -0.05) is 58.0 Å². The molecule has 1 aliphatic rings. The number of carbonyl (C=O) groups is 4. The van der Waals surface area contributed by atoms with Gasteiger partial charge in [-0.2, -0.15) is 0 Å². The number of anilines is 1. The Bertz CT molecular complexity index is 1140. The van der Waals surface area contributed by atoms with Crippen molar-refractivity contribution in [1.29, 1.82) is 0 Å². The maximum Gasteiger partial charge on any atom is 0.329 e. The molecule has 3 amide bonds. The number of benzene rings is 2. The molecule has 1 atom stereocenters. The van der Waals surface area contributed by atoms with Crippen LogP contribution in [0.5, 0.6) is 0 Å². The molecule has 3 rings (SSSR count). The van der Waals surface area contributed by atoms with Crippen LogP contribution in [0, 0.1) is 6.92 Å². The predicted molar refractivity (Wildman–Crippen MR) is 122 cm³/mol. The molecule has 2 aromatic rings. The second-order valence-corrected chi connectivity index (χ2v) is 8.73. The van der Waals surface area contributed by atoms with Crippen molar-refractivity contribution >= 4 is 87.4 Å². The number of rotatable bonds is 5. The highest BCUT2D eigenvalue weighted by Crippen LogP contribution is 2.45. The highest BCUT2D eigenvalue weighted by Gasteiger charge is 2.45. The van der Waals surface area contributed by atoms with Crippen LogP contribution in [0.4, 0.5) is 5.69 Å². The van der Waals surface area contributed by atoms with Crippen LogP contribution in [0.2, 0.25) is 25.1 Å². The Balaban J connectivity index is 1.71. The van der Waals surface area contributed by atoms with Crippen molar-refractivity contribution in [1.82, 2.24) is 4.90 Å². The van der Waals surface area contributed by atoms with E-state index < -0.39 is 36.3 Å². The first-order valence-electron chi connectivity index (χ1n) is 8.92. The molecule has 168 valence electrons. The summed E-state index contributed by atoms with van der Waals surface area (Å²) in [5.74, 6) is -3.39. The number of hydrogen-bond donors (Lipinski definition) is 1. The maximum absolute atomic E-state index is 12.8. The Kier molecular flexibility index (Phi) is 7.27. The molecule has 0 aliphatic carbocycles. The van der Waals surface area contributed by atoms with E-state index in [9.17, 15) is 19.2 Å². The van der Waals surface area contributed by atoms with Gasteiger partial charge in [0.25, 0.3) is 17.7 Å². The minimum Gasteiger partial charge on any atom is -0.454 e. The molecular formula is C20H13Cl5N2O5. The molecule has 12 heteroatoms. The lowest BCUT2D eigenvalue weighted by Crippen LogP contribution is -2.44.